The molecule has 0 radical (unpaired) electrons. The summed E-state index contributed by atoms with van der Waals surface area (Å²) in [4.78, 5) is 11.7. The van der Waals surface area contributed by atoms with Crippen molar-refractivity contribution in [1.82, 2.24) is 15.0 Å². The molecule has 3 saturated heterocycles. The molecule has 13 heteroatoms. The molecule has 0 saturated carbocycles. The van der Waals surface area contributed by atoms with Crippen molar-refractivity contribution in [2.24, 2.45) is 0 Å². The SMILES string of the molecule is O[C@@H]1CO[C@H]2C1OC[C@H]2Oc1nc2nc(NCc3c(F)cc(OC4CCCOC4)cc3F)c(Cl)cc2[nH]1. The van der Waals surface area contributed by atoms with E-state index in [9.17, 15) is 13.9 Å². The maximum Gasteiger partial charge on any atom is 0.296 e. The van der Waals surface area contributed by atoms with Gasteiger partial charge in [-0.15, -0.1) is 0 Å². The molecule has 3 aromatic rings. The van der Waals surface area contributed by atoms with Crippen molar-refractivity contribution in [3.63, 3.8) is 0 Å². The van der Waals surface area contributed by atoms with Crippen molar-refractivity contribution in [3.05, 3.63) is 40.4 Å². The molecule has 2 aromatic heterocycles. The average Bonchev–Trinajstić information content (AvgIpc) is 3.56. The van der Waals surface area contributed by atoms with Crippen LogP contribution in [-0.4, -0.2) is 77.0 Å². The number of H-pyrrole nitrogens is 1. The molecule has 5 heterocycles. The molecule has 0 spiro atoms. The minimum atomic E-state index is -0.747. The monoisotopic (exact) mass is 538 g/mol. The van der Waals surface area contributed by atoms with Crippen molar-refractivity contribution in [2.45, 2.75) is 49.9 Å². The summed E-state index contributed by atoms with van der Waals surface area (Å²) in [6, 6.07) is 4.10. The van der Waals surface area contributed by atoms with Gasteiger partial charge in [0, 0.05) is 30.8 Å². The van der Waals surface area contributed by atoms with E-state index < -0.39 is 36.1 Å². The number of nitrogens with one attached hydrogen (secondary N) is 2. The molecule has 6 rings (SSSR count). The van der Waals surface area contributed by atoms with E-state index in [4.69, 9.17) is 35.3 Å². The van der Waals surface area contributed by atoms with Crippen LogP contribution in [0.25, 0.3) is 11.2 Å². The molecule has 0 aliphatic carbocycles. The summed E-state index contributed by atoms with van der Waals surface area (Å²) in [5.74, 6) is -1.17. The third-order valence-corrected chi connectivity index (χ3v) is 6.91. The van der Waals surface area contributed by atoms with Crippen LogP contribution in [0.5, 0.6) is 11.8 Å². The second-order valence-corrected chi connectivity index (χ2v) is 9.63. The largest absolute Gasteiger partial charge is 0.488 e. The standard InChI is InChI=1S/C24H25ClF2N4O6/c25-14-6-17-23(31-24(29-17)37-19-10-35-20-18(32)9-34-21(19)20)30-22(14)28-7-13-15(26)4-12(5-16(13)27)36-11-2-1-3-33-8-11/h4-6,11,18-21,32H,1-3,7-10H2,(H2,28,29,30,31)/t11?,18-,19-,20?,21-/m1/s1. The van der Waals surface area contributed by atoms with Crippen LogP contribution in [0.2, 0.25) is 5.02 Å². The summed E-state index contributed by atoms with van der Waals surface area (Å²) >= 11 is 6.35. The number of pyridine rings is 1. The zero-order valence-corrected chi connectivity index (χ0v) is 20.3. The van der Waals surface area contributed by atoms with Crippen LogP contribution in [0, 0.1) is 11.6 Å². The smallest absolute Gasteiger partial charge is 0.296 e. The number of rotatable bonds is 7. The molecule has 37 heavy (non-hydrogen) atoms. The first kappa shape index (κ1) is 24.6. The van der Waals surface area contributed by atoms with E-state index in [0.29, 0.717) is 24.4 Å². The van der Waals surface area contributed by atoms with E-state index in [0.717, 1.165) is 25.0 Å². The molecule has 3 N–H and O–H groups in total. The van der Waals surface area contributed by atoms with E-state index in [1.807, 2.05) is 0 Å². The van der Waals surface area contributed by atoms with Gasteiger partial charge in [0.15, 0.2) is 11.8 Å². The fraction of sp³-hybridized carbons (Fsp3) is 0.500. The molecule has 3 aliphatic heterocycles. The Hall–Kier alpha value is -2.77. The number of ether oxygens (including phenoxy) is 5. The third kappa shape index (κ3) is 5.04. The number of fused-ring (bicyclic) bond motifs is 2. The predicted molar refractivity (Wildman–Crippen MR) is 127 cm³/mol. The highest BCUT2D eigenvalue weighted by Crippen LogP contribution is 2.31. The van der Waals surface area contributed by atoms with Gasteiger partial charge < -0.3 is 39.1 Å². The number of aromatic nitrogens is 3. The molecule has 1 aromatic carbocycles. The normalized spacial score (nSPS) is 27.4. The van der Waals surface area contributed by atoms with Crippen LogP contribution < -0.4 is 14.8 Å². The third-order valence-electron chi connectivity index (χ3n) is 6.62. The predicted octanol–water partition coefficient (Wildman–Crippen LogP) is 2.97. The minimum absolute atomic E-state index is 0.118. The van der Waals surface area contributed by atoms with E-state index in [1.165, 1.54) is 0 Å². The van der Waals surface area contributed by atoms with Crippen molar-refractivity contribution in [3.8, 4) is 11.8 Å². The first-order valence-corrected chi connectivity index (χ1v) is 12.4. The molecule has 0 amide bonds. The fourth-order valence-corrected chi connectivity index (χ4v) is 4.97. The van der Waals surface area contributed by atoms with Crippen LogP contribution in [-0.2, 0) is 20.8 Å². The lowest BCUT2D eigenvalue weighted by atomic mass is 10.1. The van der Waals surface area contributed by atoms with Crippen molar-refractivity contribution >= 4 is 28.6 Å². The Balaban J connectivity index is 1.13. The van der Waals surface area contributed by atoms with Crippen molar-refractivity contribution in [2.75, 3.05) is 31.7 Å². The van der Waals surface area contributed by atoms with Crippen molar-refractivity contribution in [1.29, 1.82) is 0 Å². The van der Waals surface area contributed by atoms with Gasteiger partial charge in [0.05, 0.1) is 30.4 Å². The Morgan fingerprint density at radius 1 is 1.08 bits per heavy atom. The fourth-order valence-electron chi connectivity index (χ4n) is 4.75. The van der Waals surface area contributed by atoms with Gasteiger partial charge in [-0.25, -0.2) is 13.8 Å². The summed E-state index contributed by atoms with van der Waals surface area (Å²) in [7, 11) is 0. The van der Waals surface area contributed by atoms with E-state index in [-0.39, 0.29) is 54.0 Å². The highest BCUT2D eigenvalue weighted by atomic mass is 35.5. The van der Waals surface area contributed by atoms with Crippen LogP contribution in [0.3, 0.4) is 0 Å². The van der Waals surface area contributed by atoms with Crippen LogP contribution in [0.4, 0.5) is 14.6 Å². The first-order valence-electron chi connectivity index (χ1n) is 12.0. The lowest BCUT2D eigenvalue weighted by Crippen LogP contribution is -2.34. The summed E-state index contributed by atoms with van der Waals surface area (Å²) in [5.41, 5.74) is 0.633. The van der Waals surface area contributed by atoms with Gasteiger partial charge >= 0.3 is 0 Å². The number of benzene rings is 1. The van der Waals surface area contributed by atoms with Gasteiger partial charge in [-0.1, -0.05) is 11.6 Å². The number of aromatic amines is 1. The zero-order chi connectivity index (χ0) is 25.5. The van der Waals surface area contributed by atoms with E-state index in [1.54, 1.807) is 6.07 Å². The Morgan fingerprint density at radius 3 is 2.68 bits per heavy atom. The van der Waals surface area contributed by atoms with Crippen LogP contribution >= 0.6 is 11.6 Å². The van der Waals surface area contributed by atoms with Gasteiger partial charge in [-0.05, 0) is 18.9 Å². The topological polar surface area (TPSA) is 120 Å². The summed E-state index contributed by atoms with van der Waals surface area (Å²) in [6.45, 7) is 1.30. The zero-order valence-electron chi connectivity index (χ0n) is 19.6. The number of hydrogen-bond donors (Lipinski definition) is 3. The van der Waals surface area contributed by atoms with Gasteiger partial charge in [-0.3, -0.25) is 0 Å². The molecule has 5 atom stereocenters. The van der Waals surface area contributed by atoms with Gasteiger partial charge in [0.25, 0.3) is 6.01 Å². The van der Waals surface area contributed by atoms with Gasteiger partial charge in [0.2, 0.25) is 0 Å². The highest BCUT2D eigenvalue weighted by molar-refractivity contribution is 6.33. The lowest BCUT2D eigenvalue weighted by molar-refractivity contribution is 0.00706. The number of imidazole rings is 1. The molecule has 198 valence electrons. The Labute approximate surface area is 215 Å². The molecule has 10 nitrogen and oxygen atoms in total. The number of nitrogens with zero attached hydrogens (tertiary/aromatic N) is 2. The lowest BCUT2D eigenvalue weighted by Gasteiger charge is -2.23. The summed E-state index contributed by atoms with van der Waals surface area (Å²) in [5, 5.41) is 13.0. The molecule has 3 aliphatic rings. The maximum absolute atomic E-state index is 14.7. The molecular formula is C24H25ClF2N4O6. The quantitative estimate of drug-likeness (QED) is 0.417. The molecule has 2 unspecified atom stereocenters. The average molecular weight is 539 g/mol. The van der Waals surface area contributed by atoms with Crippen LogP contribution in [0.15, 0.2) is 18.2 Å². The Kier molecular flexibility index (Phi) is 6.76. The highest BCUT2D eigenvalue weighted by Gasteiger charge is 2.48. The Morgan fingerprint density at radius 2 is 1.89 bits per heavy atom. The van der Waals surface area contributed by atoms with E-state index >= 15 is 0 Å². The summed E-state index contributed by atoms with van der Waals surface area (Å²) in [6.07, 6.45) is -0.573. The second-order valence-electron chi connectivity index (χ2n) is 9.23. The molecule has 3 fully saturated rings. The first-order chi connectivity index (χ1) is 17.9. The molecule has 0 bridgehead atoms. The van der Waals surface area contributed by atoms with Crippen molar-refractivity contribution < 1.29 is 37.6 Å². The Bertz CT molecular complexity index is 1270. The summed E-state index contributed by atoms with van der Waals surface area (Å²) < 4.78 is 57.5. The number of hydrogen-bond acceptors (Lipinski definition) is 9. The molecular weight excluding hydrogens is 514 g/mol. The van der Waals surface area contributed by atoms with Gasteiger partial charge in [-0.2, -0.15) is 4.98 Å². The number of aliphatic hydroxyl groups excluding tert-OH is 1. The number of aliphatic hydroxyl groups is 1. The minimum Gasteiger partial charge on any atom is -0.488 e. The maximum atomic E-state index is 14.7. The number of anilines is 1. The van der Waals surface area contributed by atoms with E-state index in [2.05, 4.69) is 20.3 Å². The second kappa shape index (κ2) is 10.2. The van der Waals surface area contributed by atoms with Gasteiger partial charge in [0.1, 0.15) is 47.6 Å². The number of halogens is 3. The van der Waals surface area contributed by atoms with Crippen LogP contribution in [0.1, 0.15) is 18.4 Å².